The molecule has 5 rings (SSSR count). The standard InChI is InChI=1S/C31H40N3O8/c1-29-12-9-20(16-19(29)7-8-22-23(29)10-13-30(2)24(22)11-14-31(30,3)39)33-42-17-25(35)32-26(28(37)38)27(36)18-5-4-6-21(15-18)34(40)41/h4-6,9,12,15-16,22-24,26-27,36,39-40H,7-8,10-11,13-14,17H2,1-3H3,(H,32,35)(H,37,38)/q-1. The number of aliphatic carboxylic acids is 1. The summed E-state index contributed by atoms with van der Waals surface area (Å²) >= 11 is 0. The third-order valence-corrected chi connectivity index (χ3v) is 10.8. The van der Waals surface area contributed by atoms with Crippen molar-refractivity contribution in [2.24, 2.45) is 33.7 Å². The fraction of sp³-hybridized carbons (Fsp3) is 0.581. The number of fused-ring (bicyclic) bond motifs is 5. The lowest BCUT2D eigenvalue weighted by Gasteiger charge is -2.58. The molecular weight excluding hydrogens is 542 g/mol. The van der Waals surface area contributed by atoms with E-state index in [1.165, 1.54) is 23.8 Å². The van der Waals surface area contributed by atoms with Crippen molar-refractivity contribution in [3.63, 3.8) is 0 Å². The van der Waals surface area contributed by atoms with Crippen LogP contribution in [0.15, 0.2) is 53.2 Å². The van der Waals surface area contributed by atoms with Crippen LogP contribution in [0.4, 0.5) is 5.69 Å². The molecule has 11 heteroatoms. The van der Waals surface area contributed by atoms with E-state index in [9.17, 15) is 30.1 Å². The zero-order valence-corrected chi connectivity index (χ0v) is 24.2. The van der Waals surface area contributed by atoms with Gasteiger partial charge in [-0.15, -0.1) is 0 Å². The highest BCUT2D eigenvalue weighted by Crippen LogP contribution is 2.66. The summed E-state index contributed by atoms with van der Waals surface area (Å²) in [6.07, 6.45) is 10.4. The van der Waals surface area contributed by atoms with Crippen molar-refractivity contribution >= 4 is 23.3 Å². The van der Waals surface area contributed by atoms with Gasteiger partial charge in [-0.3, -0.25) is 10.0 Å². The molecule has 4 aliphatic carbocycles. The smallest absolute Gasteiger partial charge is 0.329 e. The lowest BCUT2D eigenvalue weighted by molar-refractivity contribution is -0.146. The number of aliphatic hydroxyl groups excluding tert-OH is 1. The molecule has 3 fully saturated rings. The third kappa shape index (κ3) is 5.23. The molecule has 8 atom stereocenters. The molecule has 0 spiro atoms. The van der Waals surface area contributed by atoms with Crippen molar-refractivity contribution in [2.45, 2.75) is 77.0 Å². The van der Waals surface area contributed by atoms with E-state index in [1.807, 2.05) is 19.1 Å². The summed E-state index contributed by atoms with van der Waals surface area (Å²) < 4.78 is 0. The van der Waals surface area contributed by atoms with Crippen molar-refractivity contribution in [1.82, 2.24) is 5.32 Å². The van der Waals surface area contributed by atoms with Crippen LogP contribution in [0.25, 0.3) is 0 Å². The molecule has 3 saturated carbocycles. The van der Waals surface area contributed by atoms with Crippen LogP contribution >= 0.6 is 0 Å². The number of benzene rings is 1. The first kappa shape index (κ1) is 30.2. The first-order chi connectivity index (χ1) is 19.8. The molecule has 42 heavy (non-hydrogen) atoms. The van der Waals surface area contributed by atoms with Gasteiger partial charge in [-0.25, -0.2) is 4.79 Å². The normalized spacial score (nSPS) is 35.7. The Morgan fingerprint density at radius 2 is 1.93 bits per heavy atom. The van der Waals surface area contributed by atoms with E-state index < -0.39 is 41.5 Å². The molecule has 228 valence electrons. The minimum Gasteiger partial charge on any atom is -0.733 e. The van der Waals surface area contributed by atoms with Gasteiger partial charge in [-0.2, -0.15) is 0 Å². The van der Waals surface area contributed by atoms with E-state index in [1.54, 1.807) is 0 Å². The van der Waals surface area contributed by atoms with Crippen LogP contribution < -0.4 is 10.5 Å². The lowest BCUT2D eigenvalue weighted by atomic mass is 9.47. The summed E-state index contributed by atoms with van der Waals surface area (Å²) in [5.74, 6) is -0.725. The highest BCUT2D eigenvalue weighted by Gasteiger charge is 2.62. The van der Waals surface area contributed by atoms with E-state index in [2.05, 4.69) is 30.4 Å². The van der Waals surface area contributed by atoms with E-state index in [0.717, 1.165) is 44.6 Å². The highest BCUT2D eigenvalue weighted by molar-refractivity contribution is 6.05. The molecule has 0 saturated heterocycles. The van der Waals surface area contributed by atoms with Crippen LogP contribution in [0.5, 0.6) is 0 Å². The number of carboxylic acids is 1. The SMILES string of the molecule is CC12C=CC(=NOCC(=O)NC(C(=O)O)C(O)c3cccc(N([O-])O)c3)C=C1CCC1C2CCC2(C)C1CCC2(C)O. The van der Waals surface area contributed by atoms with Crippen LogP contribution in [-0.4, -0.2) is 56.4 Å². The topological polar surface area (TPSA) is 175 Å². The summed E-state index contributed by atoms with van der Waals surface area (Å²) in [7, 11) is 0. The molecule has 1 aromatic carbocycles. The van der Waals surface area contributed by atoms with E-state index >= 15 is 0 Å². The molecule has 11 nitrogen and oxygen atoms in total. The molecule has 1 aromatic rings. The highest BCUT2D eigenvalue weighted by atomic mass is 16.8. The molecule has 0 radical (unpaired) electrons. The van der Waals surface area contributed by atoms with E-state index in [-0.39, 0.29) is 22.1 Å². The van der Waals surface area contributed by atoms with Gasteiger partial charge in [0.1, 0.15) is 11.8 Å². The summed E-state index contributed by atoms with van der Waals surface area (Å²) in [5, 5.41) is 57.4. The van der Waals surface area contributed by atoms with Gasteiger partial charge < -0.3 is 35.9 Å². The number of amides is 1. The fourth-order valence-electron chi connectivity index (χ4n) is 8.18. The number of hydrogen-bond donors (Lipinski definition) is 5. The second kappa shape index (κ2) is 11.1. The molecule has 0 heterocycles. The number of nitrogens with zero attached hydrogens (tertiary/aromatic N) is 2. The summed E-state index contributed by atoms with van der Waals surface area (Å²) in [6, 6.07) is 3.41. The Bertz CT molecular complexity index is 1320. The number of allylic oxidation sites excluding steroid dienone is 4. The number of carboxylic acid groups (broad SMARTS) is 1. The van der Waals surface area contributed by atoms with Gasteiger partial charge in [0.25, 0.3) is 5.91 Å². The minimum atomic E-state index is -1.73. The number of rotatable bonds is 8. The summed E-state index contributed by atoms with van der Waals surface area (Å²) in [5.41, 5.74) is 0.915. The molecule has 4 aliphatic rings. The van der Waals surface area contributed by atoms with Gasteiger partial charge in [0.15, 0.2) is 12.6 Å². The Balaban J connectivity index is 1.20. The molecule has 0 bridgehead atoms. The first-order valence-corrected chi connectivity index (χ1v) is 14.6. The van der Waals surface area contributed by atoms with Crippen molar-refractivity contribution in [1.29, 1.82) is 0 Å². The fourth-order valence-corrected chi connectivity index (χ4v) is 8.18. The van der Waals surface area contributed by atoms with Gasteiger partial charge in [-0.05, 0) is 98.5 Å². The molecule has 8 unspecified atom stereocenters. The van der Waals surface area contributed by atoms with Gasteiger partial charge in [0, 0.05) is 5.41 Å². The van der Waals surface area contributed by atoms with Gasteiger partial charge in [-0.1, -0.05) is 42.8 Å². The van der Waals surface area contributed by atoms with Crippen molar-refractivity contribution in [3.05, 3.63) is 58.8 Å². The maximum absolute atomic E-state index is 12.5. The largest absolute Gasteiger partial charge is 0.733 e. The number of oxime groups is 1. The molecule has 0 aromatic heterocycles. The third-order valence-electron chi connectivity index (χ3n) is 10.8. The molecule has 1 amide bonds. The van der Waals surface area contributed by atoms with Crippen LogP contribution in [0, 0.1) is 33.8 Å². The number of carbonyl (C=O) groups is 2. The van der Waals surface area contributed by atoms with Gasteiger partial charge >= 0.3 is 5.97 Å². The number of aliphatic hydroxyl groups is 2. The van der Waals surface area contributed by atoms with Crippen molar-refractivity contribution in [3.8, 4) is 0 Å². The summed E-state index contributed by atoms with van der Waals surface area (Å²) in [6.45, 7) is 6.01. The van der Waals surface area contributed by atoms with Crippen molar-refractivity contribution in [2.75, 3.05) is 11.8 Å². The number of carbonyl (C=O) groups excluding carboxylic acids is 1. The molecule has 0 aliphatic heterocycles. The summed E-state index contributed by atoms with van der Waals surface area (Å²) in [4.78, 5) is 29.5. The zero-order valence-electron chi connectivity index (χ0n) is 24.2. The van der Waals surface area contributed by atoms with E-state index in [0.29, 0.717) is 23.5 Å². The number of anilines is 1. The Kier molecular flexibility index (Phi) is 7.99. The van der Waals surface area contributed by atoms with Crippen molar-refractivity contribution < 1.29 is 35.0 Å². The molecular formula is C31H40N3O8-. The van der Waals surface area contributed by atoms with E-state index in [4.69, 9.17) is 10.0 Å². The zero-order chi connectivity index (χ0) is 30.4. The number of hydrogen-bond acceptors (Lipinski definition) is 9. The van der Waals surface area contributed by atoms with Crippen LogP contribution in [-0.2, 0) is 14.4 Å². The lowest BCUT2D eigenvalue weighted by Crippen LogP contribution is -2.53. The Hall–Kier alpha value is -3.25. The maximum atomic E-state index is 12.5. The molecule has 5 N–H and O–H groups in total. The first-order valence-electron chi connectivity index (χ1n) is 14.6. The quantitative estimate of drug-likeness (QED) is 0.285. The second-order valence-electron chi connectivity index (χ2n) is 13.0. The average molecular weight is 583 g/mol. The second-order valence-corrected chi connectivity index (χ2v) is 13.0. The maximum Gasteiger partial charge on any atom is 0.329 e. The Morgan fingerprint density at radius 1 is 1.19 bits per heavy atom. The van der Waals surface area contributed by atoms with Crippen LogP contribution in [0.2, 0.25) is 0 Å². The predicted molar refractivity (Wildman–Crippen MR) is 154 cm³/mol. The Labute approximate surface area is 245 Å². The van der Waals surface area contributed by atoms with Crippen LogP contribution in [0.3, 0.4) is 0 Å². The monoisotopic (exact) mass is 582 g/mol. The Morgan fingerprint density at radius 3 is 2.64 bits per heavy atom. The van der Waals surface area contributed by atoms with Gasteiger partial charge in [0.05, 0.1) is 11.3 Å². The van der Waals surface area contributed by atoms with Crippen LogP contribution in [0.1, 0.15) is 71.0 Å². The number of nitrogens with one attached hydrogen (secondary N) is 1. The average Bonchev–Trinajstić information content (AvgIpc) is 3.19. The predicted octanol–water partition coefficient (Wildman–Crippen LogP) is 3.85. The minimum absolute atomic E-state index is 0.0221. The van der Waals surface area contributed by atoms with Gasteiger partial charge in [0.2, 0.25) is 0 Å².